The van der Waals surface area contributed by atoms with Crippen molar-refractivity contribution in [3.63, 3.8) is 0 Å². The number of hydrogen-bond acceptors (Lipinski definition) is 2. The SMILES string of the molecule is c1ccc(CN(Cc2ccccc2)C2CCOC2)cc1. The van der Waals surface area contributed by atoms with E-state index in [1.807, 2.05) is 0 Å². The van der Waals surface area contributed by atoms with Crippen LogP contribution in [0.1, 0.15) is 17.5 Å². The Bertz CT molecular complexity index is 464. The van der Waals surface area contributed by atoms with Gasteiger partial charge in [0.2, 0.25) is 0 Å². The molecule has 2 aromatic rings. The summed E-state index contributed by atoms with van der Waals surface area (Å²) in [6, 6.07) is 21.9. The Labute approximate surface area is 121 Å². The summed E-state index contributed by atoms with van der Waals surface area (Å²) < 4.78 is 5.57. The summed E-state index contributed by atoms with van der Waals surface area (Å²) in [5.74, 6) is 0. The fraction of sp³-hybridized carbons (Fsp3) is 0.333. The van der Waals surface area contributed by atoms with E-state index in [9.17, 15) is 0 Å². The second-order valence-electron chi connectivity index (χ2n) is 5.39. The van der Waals surface area contributed by atoms with Gasteiger partial charge in [-0.25, -0.2) is 0 Å². The Morgan fingerprint density at radius 1 is 0.850 bits per heavy atom. The first-order chi connectivity index (χ1) is 9.92. The molecule has 2 heteroatoms. The van der Waals surface area contributed by atoms with E-state index in [1.165, 1.54) is 11.1 Å². The molecule has 0 saturated carbocycles. The van der Waals surface area contributed by atoms with Crippen LogP contribution in [0.4, 0.5) is 0 Å². The fourth-order valence-electron chi connectivity index (χ4n) is 2.76. The molecule has 0 spiro atoms. The molecule has 1 saturated heterocycles. The normalized spacial score (nSPS) is 18.6. The third-order valence-electron chi connectivity index (χ3n) is 3.88. The van der Waals surface area contributed by atoms with Crippen molar-refractivity contribution in [3.8, 4) is 0 Å². The summed E-state index contributed by atoms with van der Waals surface area (Å²) >= 11 is 0. The van der Waals surface area contributed by atoms with E-state index >= 15 is 0 Å². The second-order valence-corrected chi connectivity index (χ2v) is 5.39. The van der Waals surface area contributed by atoms with Crippen molar-refractivity contribution in [2.75, 3.05) is 13.2 Å². The Balaban J connectivity index is 1.73. The van der Waals surface area contributed by atoms with E-state index < -0.39 is 0 Å². The quantitative estimate of drug-likeness (QED) is 0.822. The maximum atomic E-state index is 5.57. The smallest absolute Gasteiger partial charge is 0.0622 e. The van der Waals surface area contributed by atoms with Gasteiger partial charge in [-0.2, -0.15) is 0 Å². The van der Waals surface area contributed by atoms with Gasteiger partial charge in [0.15, 0.2) is 0 Å². The number of benzene rings is 2. The minimum atomic E-state index is 0.537. The van der Waals surface area contributed by atoms with Gasteiger partial charge in [0, 0.05) is 25.7 Å². The van der Waals surface area contributed by atoms with Crippen LogP contribution in [-0.4, -0.2) is 24.2 Å². The first kappa shape index (κ1) is 13.3. The van der Waals surface area contributed by atoms with Gasteiger partial charge < -0.3 is 4.74 Å². The summed E-state index contributed by atoms with van der Waals surface area (Å²) in [6.45, 7) is 3.73. The molecule has 0 N–H and O–H groups in total. The Kier molecular flexibility index (Phi) is 4.46. The van der Waals surface area contributed by atoms with Crippen LogP contribution in [-0.2, 0) is 17.8 Å². The molecule has 1 aliphatic rings. The number of ether oxygens (including phenoxy) is 1. The zero-order chi connectivity index (χ0) is 13.6. The van der Waals surface area contributed by atoms with Gasteiger partial charge in [-0.05, 0) is 17.5 Å². The zero-order valence-corrected chi connectivity index (χ0v) is 11.7. The molecule has 0 radical (unpaired) electrons. The molecule has 1 atom stereocenters. The monoisotopic (exact) mass is 267 g/mol. The van der Waals surface area contributed by atoms with Crippen LogP contribution in [0.3, 0.4) is 0 Å². The molecular formula is C18H21NO. The van der Waals surface area contributed by atoms with Gasteiger partial charge in [-0.3, -0.25) is 4.90 Å². The minimum absolute atomic E-state index is 0.537. The topological polar surface area (TPSA) is 12.5 Å². The third kappa shape index (κ3) is 3.47. The van der Waals surface area contributed by atoms with Crippen LogP contribution in [0, 0.1) is 0 Å². The summed E-state index contributed by atoms with van der Waals surface area (Å²) in [7, 11) is 0. The van der Waals surface area contributed by atoms with Crippen molar-refractivity contribution in [2.24, 2.45) is 0 Å². The Morgan fingerprint density at radius 2 is 1.40 bits per heavy atom. The minimum Gasteiger partial charge on any atom is -0.380 e. The van der Waals surface area contributed by atoms with Gasteiger partial charge in [0.1, 0.15) is 0 Å². The first-order valence-electron chi connectivity index (χ1n) is 7.31. The van der Waals surface area contributed by atoms with Crippen LogP contribution in [0.5, 0.6) is 0 Å². The van der Waals surface area contributed by atoms with Crippen molar-refractivity contribution in [2.45, 2.75) is 25.6 Å². The highest BCUT2D eigenvalue weighted by Gasteiger charge is 2.23. The van der Waals surface area contributed by atoms with E-state index in [-0.39, 0.29) is 0 Å². The standard InChI is InChI=1S/C18H21NO/c1-3-7-16(8-4-1)13-19(18-11-12-20-15-18)14-17-9-5-2-6-10-17/h1-10,18H,11-15H2. The van der Waals surface area contributed by atoms with Crippen LogP contribution < -0.4 is 0 Å². The second kappa shape index (κ2) is 6.69. The zero-order valence-electron chi connectivity index (χ0n) is 11.7. The van der Waals surface area contributed by atoms with Crippen LogP contribution in [0.15, 0.2) is 60.7 Å². The number of hydrogen-bond donors (Lipinski definition) is 0. The molecule has 1 heterocycles. The highest BCUT2D eigenvalue weighted by Crippen LogP contribution is 2.19. The van der Waals surface area contributed by atoms with Crippen molar-refractivity contribution >= 4 is 0 Å². The molecular weight excluding hydrogens is 246 g/mol. The predicted molar refractivity (Wildman–Crippen MR) is 81.4 cm³/mol. The maximum absolute atomic E-state index is 5.57. The summed E-state index contributed by atoms with van der Waals surface area (Å²) in [6.07, 6.45) is 1.14. The molecule has 1 fully saturated rings. The fourth-order valence-corrected chi connectivity index (χ4v) is 2.76. The number of nitrogens with zero attached hydrogens (tertiary/aromatic N) is 1. The lowest BCUT2D eigenvalue weighted by atomic mass is 10.1. The first-order valence-corrected chi connectivity index (χ1v) is 7.31. The summed E-state index contributed by atoms with van der Waals surface area (Å²) in [4.78, 5) is 2.54. The van der Waals surface area contributed by atoms with Gasteiger partial charge in [-0.15, -0.1) is 0 Å². The van der Waals surface area contributed by atoms with Gasteiger partial charge >= 0.3 is 0 Å². The van der Waals surface area contributed by atoms with E-state index in [2.05, 4.69) is 65.6 Å². The molecule has 0 bridgehead atoms. The Morgan fingerprint density at radius 3 is 1.85 bits per heavy atom. The van der Waals surface area contributed by atoms with Gasteiger partial charge in [-0.1, -0.05) is 60.7 Å². The average Bonchev–Trinajstić information content (AvgIpc) is 3.03. The highest BCUT2D eigenvalue weighted by atomic mass is 16.5. The molecule has 1 aliphatic heterocycles. The predicted octanol–water partition coefficient (Wildman–Crippen LogP) is 3.48. The van der Waals surface area contributed by atoms with E-state index in [4.69, 9.17) is 4.74 Å². The maximum Gasteiger partial charge on any atom is 0.0622 e. The molecule has 2 nitrogen and oxygen atoms in total. The van der Waals surface area contributed by atoms with E-state index in [0.717, 1.165) is 32.7 Å². The number of rotatable bonds is 5. The molecule has 104 valence electrons. The van der Waals surface area contributed by atoms with Crippen LogP contribution in [0.25, 0.3) is 0 Å². The lowest BCUT2D eigenvalue weighted by molar-refractivity contribution is 0.134. The van der Waals surface area contributed by atoms with Crippen molar-refractivity contribution in [3.05, 3.63) is 71.8 Å². The van der Waals surface area contributed by atoms with Crippen LogP contribution >= 0.6 is 0 Å². The summed E-state index contributed by atoms with van der Waals surface area (Å²) in [5.41, 5.74) is 2.74. The largest absolute Gasteiger partial charge is 0.380 e. The lowest BCUT2D eigenvalue weighted by Gasteiger charge is -2.28. The van der Waals surface area contributed by atoms with Crippen LogP contribution in [0.2, 0.25) is 0 Å². The molecule has 20 heavy (non-hydrogen) atoms. The lowest BCUT2D eigenvalue weighted by Crippen LogP contribution is -2.34. The highest BCUT2D eigenvalue weighted by molar-refractivity contribution is 5.17. The van der Waals surface area contributed by atoms with Crippen molar-refractivity contribution in [1.29, 1.82) is 0 Å². The van der Waals surface area contributed by atoms with E-state index in [0.29, 0.717) is 6.04 Å². The van der Waals surface area contributed by atoms with Crippen molar-refractivity contribution in [1.82, 2.24) is 4.90 Å². The molecule has 1 unspecified atom stereocenters. The van der Waals surface area contributed by atoms with Gasteiger partial charge in [0.05, 0.1) is 6.61 Å². The third-order valence-corrected chi connectivity index (χ3v) is 3.88. The molecule has 0 amide bonds. The molecule has 0 aliphatic carbocycles. The Hall–Kier alpha value is -1.64. The molecule has 2 aromatic carbocycles. The molecule has 3 rings (SSSR count). The van der Waals surface area contributed by atoms with Gasteiger partial charge in [0.25, 0.3) is 0 Å². The van der Waals surface area contributed by atoms with Crippen molar-refractivity contribution < 1.29 is 4.74 Å². The molecule has 0 aromatic heterocycles. The average molecular weight is 267 g/mol. The van der Waals surface area contributed by atoms with E-state index in [1.54, 1.807) is 0 Å². The summed E-state index contributed by atoms with van der Waals surface area (Å²) in [5, 5.41) is 0.